The third-order valence-electron chi connectivity index (χ3n) is 5.06. The van der Waals surface area contributed by atoms with Crippen LogP contribution in [0.25, 0.3) is 0 Å². The molecule has 1 heterocycles. The molecule has 0 amide bonds. The molecule has 1 N–H and O–H groups in total. The van der Waals surface area contributed by atoms with Crippen LogP contribution in [0, 0.1) is 0 Å². The molecular formula is C18H28N2O. The molecule has 0 saturated heterocycles. The van der Waals surface area contributed by atoms with Crippen LogP contribution in [0.1, 0.15) is 68.7 Å². The summed E-state index contributed by atoms with van der Waals surface area (Å²) in [6.45, 7) is 3.78. The quantitative estimate of drug-likeness (QED) is 0.903. The van der Waals surface area contributed by atoms with Crippen molar-refractivity contribution in [2.24, 2.45) is 0 Å². The van der Waals surface area contributed by atoms with Crippen LogP contribution >= 0.6 is 0 Å². The number of nitrogens with zero attached hydrogens (tertiary/aromatic N) is 1. The van der Waals surface area contributed by atoms with Crippen LogP contribution in [0.15, 0.2) is 10.9 Å². The molecule has 0 bridgehead atoms. The van der Waals surface area contributed by atoms with Crippen LogP contribution in [0.2, 0.25) is 0 Å². The molecule has 0 unspecified atom stereocenters. The van der Waals surface area contributed by atoms with E-state index in [2.05, 4.69) is 22.9 Å². The Morgan fingerprint density at radius 2 is 1.95 bits per heavy atom. The topological polar surface area (TPSA) is 34.0 Å². The minimum atomic E-state index is 0.253. The van der Waals surface area contributed by atoms with Gasteiger partial charge in [0, 0.05) is 30.4 Å². The summed E-state index contributed by atoms with van der Waals surface area (Å²) in [6, 6.07) is 2.82. The maximum absolute atomic E-state index is 12.8. The largest absolute Gasteiger partial charge is 0.312 e. The highest BCUT2D eigenvalue weighted by molar-refractivity contribution is 5.29. The van der Waals surface area contributed by atoms with Gasteiger partial charge in [-0.1, -0.05) is 19.8 Å². The maximum atomic E-state index is 12.8. The van der Waals surface area contributed by atoms with Gasteiger partial charge in [-0.25, -0.2) is 0 Å². The number of aryl methyl sites for hydroxylation is 1. The maximum Gasteiger partial charge on any atom is 0.255 e. The summed E-state index contributed by atoms with van der Waals surface area (Å²) in [5.74, 6) is 0. The number of aromatic nitrogens is 1. The highest BCUT2D eigenvalue weighted by Crippen LogP contribution is 2.22. The van der Waals surface area contributed by atoms with Gasteiger partial charge in [-0.15, -0.1) is 0 Å². The van der Waals surface area contributed by atoms with E-state index in [9.17, 15) is 4.79 Å². The third-order valence-corrected chi connectivity index (χ3v) is 5.06. The fraction of sp³-hybridized carbons (Fsp3) is 0.722. The van der Waals surface area contributed by atoms with E-state index in [0.29, 0.717) is 6.04 Å². The summed E-state index contributed by atoms with van der Waals surface area (Å²) in [5.41, 5.74) is 3.98. The Hall–Kier alpha value is -1.09. The van der Waals surface area contributed by atoms with Gasteiger partial charge in [-0.2, -0.15) is 0 Å². The molecule has 116 valence electrons. The lowest BCUT2D eigenvalue weighted by Crippen LogP contribution is -2.34. The van der Waals surface area contributed by atoms with E-state index in [1.54, 1.807) is 0 Å². The summed E-state index contributed by atoms with van der Waals surface area (Å²) < 4.78 is 2.07. The Kier molecular flexibility index (Phi) is 4.79. The van der Waals surface area contributed by atoms with E-state index in [0.717, 1.165) is 37.9 Å². The molecule has 3 nitrogen and oxygen atoms in total. The molecule has 1 aromatic heterocycles. The van der Waals surface area contributed by atoms with Crippen molar-refractivity contribution >= 4 is 0 Å². The van der Waals surface area contributed by atoms with Gasteiger partial charge >= 0.3 is 0 Å². The molecule has 0 aliphatic heterocycles. The molecule has 0 radical (unpaired) electrons. The molecule has 1 aromatic rings. The van der Waals surface area contributed by atoms with Crippen molar-refractivity contribution in [2.75, 3.05) is 0 Å². The van der Waals surface area contributed by atoms with Crippen molar-refractivity contribution in [3.05, 3.63) is 33.2 Å². The van der Waals surface area contributed by atoms with Gasteiger partial charge in [0.25, 0.3) is 5.56 Å². The highest BCUT2D eigenvalue weighted by atomic mass is 16.1. The van der Waals surface area contributed by atoms with E-state index in [-0.39, 0.29) is 5.56 Å². The summed E-state index contributed by atoms with van der Waals surface area (Å²) in [4.78, 5) is 12.8. The number of hydrogen-bond donors (Lipinski definition) is 1. The Balaban J connectivity index is 1.85. The van der Waals surface area contributed by atoms with Crippen LogP contribution < -0.4 is 10.9 Å². The predicted octanol–water partition coefficient (Wildman–Crippen LogP) is 3.17. The Labute approximate surface area is 127 Å². The van der Waals surface area contributed by atoms with Crippen molar-refractivity contribution in [1.82, 2.24) is 9.88 Å². The smallest absolute Gasteiger partial charge is 0.255 e. The normalized spacial score (nSPS) is 18.9. The van der Waals surface area contributed by atoms with Gasteiger partial charge in [0.05, 0.1) is 0 Å². The van der Waals surface area contributed by atoms with Crippen LogP contribution in [0.4, 0.5) is 0 Å². The molecule has 3 rings (SSSR count). The minimum absolute atomic E-state index is 0.253. The van der Waals surface area contributed by atoms with E-state index in [4.69, 9.17) is 0 Å². The first-order chi connectivity index (χ1) is 10.3. The van der Waals surface area contributed by atoms with E-state index in [1.807, 2.05) is 0 Å². The van der Waals surface area contributed by atoms with Crippen LogP contribution in [0.3, 0.4) is 0 Å². The number of hydrogen-bond acceptors (Lipinski definition) is 2. The second kappa shape index (κ2) is 6.78. The fourth-order valence-corrected chi connectivity index (χ4v) is 3.92. The first-order valence-electron chi connectivity index (χ1n) is 8.77. The van der Waals surface area contributed by atoms with Gasteiger partial charge < -0.3 is 9.88 Å². The van der Waals surface area contributed by atoms with Crippen LogP contribution in [0.5, 0.6) is 0 Å². The molecule has 0 spiro atoms. The van der Waals surface area contributed by atoms with Gasteiger partial charge in [-0.05, 0) is 56.6 Å². The molecule has 0 atom stereocenters. The van der Waals surface area contributed by atoms with Gasteiger partial charge in [0.15, 0.2) is 0 Å². The zero-order valence-electron chi connectivity index (χ0n) is 13.3. The third kappa shape index (κ3) is 3.23. The fourth-order valence-electron chi connectivity index (χ4n) is 3.92. The van der Waals surface area contributed by atoms with Gasteiger partial charge in [0.1, 0.15) is 0 Å². The average molecular weight is 288 g/mol. The minimum Gasteiger partial charge on any atom is -0.312 e. The highest BCUT2D eigenvalue weighted by Gasteiger charge is 2.19. The zero-order chi connectivity index (χ0) is 14.7. The number of nitrogens with one attached hydrogen (secondary N) is 1. The lowest BCUT2D eigenvalue weighted by Gasteiger charge is -2.23. The van der Waals surface area contributed by atoms with Crippen LogP contribution in [-0.4, -0.2) is 10.6 Å². The van der Waals surface area contributed by atoms with E-state index >= 15 is 0 Å². The Morgan fingerprint density at radius 3 is 2.71 bits per heavy atom. The van der Waals surface area contributed by atoms with E-state index in [1.165, 1.54) is 49.8 Å². The zero-order valence-corrected chi connectivity index (χ0v) is 13.3. The molecular weight excluding hydrogens is 260 g/mol. The monoisotopic (exact) mass is 288 g/mol. The Morgan fingerprint density at radius 1 is 1.19 bits per heavy atom. The first-order valence-corrected chi connectivity index (χ1v) is 8.77. The second-order valence-electron chi connectivity index (χ2n) is 6.67. The SMILES string of the molecule is CCCn1c2c(cc(CNC3CCCC3)c1=O)CCCC2. The van der Waals surface area contributed by atoms with Gasteiger partial charge in [-0.3, -0.25) is 4.79 Å². The van der Waals surface area contributed by atoms with Crippen LogP contribution in [-0.2, 0) is 25.9 Å². The van der Waals surface area contributed by atoms with Gasteiger partial charge in [0.2, 0.25) is 0 Å². The molecule has 0 aromatic carbocycles. The second-order valence-corrected chi connectivity index (χ2v) is 6.67. The lowest BCUT2D eigenvalue weighted by molar-refractivity contribution is 0.511. The van der Waals surface area contributed by atoms with Crippen molar-refractivity contribution in [2.45, 2.75) is 83.8 Å². The summed E-state index contributed by atoms with van der Waals surface area (Å²) in [7, 11) is 0. The molecule has 1 fully saturated rings. The standard InChI is InChI=1S/C18H28N2O/c1-2-11-20-17-10-6-3-7-14(17)12-15(18(20)21)13-19-16-8-4-5-9-16/h12,16,19H,2-11,13H2,1H3. The first kappa shape index (κ1) is 14.8. The number of pyridine rings is 1. The predicted molar refractivity (Wildman–Crippen MR) is 86.7 cm³/mol. The molecule has 2 aliphatic carbocycles. The molecule has 2 aliphatic rings. The molecule has 1 saturated carbocycles. The summed E-state index contributed by atoms with van der Waals surface area (Å²) in [6.07, 6.45) is 11.0. The van der Waals surface area contributed by atoms with Crippen molar-refractivity contribution in [1.29, 1.82) is 0 Å². The lowest BCUT2D eigenvalue weighted by atomic mass is 9.94. The summed E-state index contributed by atoms with van der Waals surface area (Å²) in [5, 5.41) is 3.60. The van der Waals surface area contributed by atoms with E-state index < -0.39 is 0 Å². The summed E-state index contributed by atoms with van der Waals surface area (Å²) >= 11 is 0. The van der Waals surface area contributed by atoms with Crippen molar-refractivity contribution < 1.29 is 0 Å². The number of fused-ring (bicyclic) bond motifs is 1. The average Bonchev–Trinajstić information content (AvgIpc) is 3.02. The van der Waals surface area contributed by atoms with Crippen molar-refractivity contribution in [3.63, 3.8) is 0 Å². The Bertz CT molecular complexity index is 541. The number of rotatable bonds is 5. The molecule has 3 heteroatoms. The van der Waals surface area contributed by atoms with Crippen molar-refractivity contribution in [3.8, 4) is 0 Å². The molecule has 21 heavy (non-hydrogen) atoms.